The minimum absolute atomic E-state index is 0.0320. The summed E-state index contributed by atoms with van der Waals surface area (Å²) in [6.07, 6.45) is 1.20. The number of amides is 1. The first kappa shape index (κ1) is 15.3. The lowest BCUT2D eigenvalue weighted by molar-refractivity contribution is 0.0520. The van der Waals surface area contributed by atoms with Crippen molar-refractivity contribution in [2.45, 2.75) is 25.9 Å². The van der Waals surface area contributed by atoms with Crippen LogP contribution in [0.1, 0.15) is 30.1 Å². The molecule has 0 saturated carbocycles. The molecule has 1 aromatic carbocycles. The second kappa shape index (κ2) is 6.10. The number of hydrogen-bond donors (Lipinski definition) is 2. The number of anilines is 1. The van der Waals surface area contributed by atoms with Crippen molar-refractivity contribution in [3.05, 3.63) is 28.0 Å². The second-order valence-corrected chi connectivity index (χ2v) is 6.08. The van der Waals surface area contributed by atoms with Crippen molar-refractivity contribution < 1.29 is 14.3 Å². The van der Waals surface area contributed by atoms with Crippen molar-refractivity contribution in [1.82, 2.24) is 4.90 Å². The van der Waals surface area contributed by atoms with Crippen LogP contribution in [0.25, 0.3) is 0 Å². The standard InChI is InChI=1S/C14H18BrFN2O2/c1-8(19)9-2-4-18(5-3-9)14(20)10-6-13(17)12(16)7-11(10)15/h6-9,19H,2-5,17H2,1H3. The van der Waals surface area contributed by atoms with Crippen LogP contribution in [0.4, 0.5) is 10.1 Å². The zero-order chi connectivity index (χ0) is 14.9. The summed E-state index contributed by atoms with van der Waals surface area (Å²) in [6, 6.07) is 2.58. The van der Waals surface area contributed by atoms with Crippen LogP contribution in [0.3, 0.4) is 0 Å². The summed E-state index contributed by atoms with van der Waals surface area (Å²) in [5.74, 6) is -0.463. The summed E-state index contributed by atoms with van der Waals surface area (Å²) in [6.45, 7) is 2.97. The molecule has 0 spiro atoms. The van der Waals surface area contributed by atoms with Crippen molar-refractivity contribution in [1.29, 1.82) is 0 Å². The van der Waals surface area contributed by atoms with Crippen LogP contribution in [-0.2, 0) is 0 Å². The Labute approximate surface area is 125 Å². The van der Waals surface area contributed by atoms with Gasteiger partial charge >= 0.3 is 0 Å². The SMILES string of the molecule is CC(O)C1CCN(C(=O)c2cc(N)c(F)cc2Br)CC1. The van der Waals surface area contributed by atoms with Gasteiger partial charge in [0.25, 0.3) is 5.91 Å². The Morgan fingerprint density at radius 3 is 2.65 bits per heavy atom. The summed E-state index contributed by atoms with van der Waals surface area (Å²) in [4.78, 5) is 14.1. The first-order valence-electron chi connectivity index (χ1n) is 6.62. The second-order valence-electron chi connectivity index (χ2n) is 5.22. The zero-order valence-electron chi connectivity index (χ0n) is 11.3. The maximum Gasteiger partial charge on any atom is 0.255 e. The van der Waals surface area contributed by atoms with Gasteiger partial charge in [0.05, 0.1) is 17.4 Å². The van der Waals surface area contributed by atoms with E-state index in [4.69, 9.17) is 5.73 Å². The third-order valence-electron chi connectivity index (χ3n) is 3.83. The summed E-state index contributed by atoms with van der Waals surface area (Å²) in [5, 5.41) is 9.56. The van der Waals surface area contributed by atoms with Crippen molar-refractivity contribution in [2.75, 3.05) is 18.8 Å². The number of aliphatic hydroxyl groups excluding tert-OH is 1. The van der Waals surface area contributed by atoms with Crippen molar-refractivity contribution in [3.8, 4) is 0 Å². The molecule has 1 heterocycles. The van der Waals surface area contributed by atoms with Crippen LogP contribution >= 0.6 is 15.9 Å². The lowest BCUT2D eigenvalue weighted by Gasteiger charge is -2.33. The molecule has 1 atom stereocenters. The van der Waals surface area contributed by atoms with E-state index in [9.17, 15) is 14.3 Å². The Balaban J connectivity index is 2.11. The van der Waals surface area contributed by atoms with Gasteiger partial charge in [-0.15, -0.1) is 0 Å². The van der Waals surface area contributed by atoms with Gasteiger partial charge in [-0.2, -0.15) is 0 Å². The fourth-order valence-corrected chi connectivity index (χ4v) is 2.97. The first-order valence-corrected chi connectivity index (χ1v) is 7.41. The van der Waals surface area contributed by atoms with E-state index in [1.807, 2.05) is 0 Å². The predicted molar refractivity (Wildman–Crippen MR) is 78.8 cm³/mol. The number of hydrogen-bond acceptors (Lipinski definition) is 3. The molecule has 2 rings (SSSR count). The van der Waals surface area contributed by atoms with Gasteiger partial charge in [-0.1, -0.05) is 0 Å². The highest BCUT2D eigenvalue weighted by Gasteiger charge is 2.27. The Morgan fingerprint density at radius 1 is 1.50 bits per heavy atom. The Morgan fingerprint density at radius 2 is 2.10 bits per heavy atom. The fraction of sp³-hybridized carbons (Fsp3) is 0.500. The van der Waals surface area contributed by atoms with E-state index < -0.39 is 5.82 Å². The fourth-order valence-electron chi connectivity index (χ4n) is 2.48. The van der Waals surface area contributed by atoms with Crippen molar-refractivity contribution in [2.24, 2.45) is 5.92 Å². The van der Waals surface area contributed by atoms with Gasteiger partial charge in [0.15, 0.2) is 0 Å². The predicted octanol–water partition coefficient (Wildman–Crippen LogP) is 2.40. The number of likely N-dealkylation sites (tertiary alicyclic amines) is 1. The number of rotatable bonds is 2. The van der Waals surface area contributed by atoms with E-state index in [1.165, 1.54) is 12.1 Å². The van der Waals surface area contributed by atoms with Crippen LogP contribution < -0.4 is 5.73 Å². The molecule has 3 N–H and O–H groups in total. The topological polar surface area (TPSA) is 66.6 Å². The van der Waals surface area contributed by atoms with E-state index in [2.05, 4.69) is 15.9 Å². The van der Waals surface area contributed by atoms with Crippen molar-refractivity contribution >= 4 is 27.5 Å². The molecule has 1 fully saturated rings. The van der Waals surface area contributed by atoms with E-state index in [-0.39, 0.29) is 23.6 Å². The number of nitrogens with two attached hydrogens (primary N) is 1. The number of benzene rings is 1. The molecule has 0 radical (unpaired) electrons. The number of piperidine rings is 1. The monoisotopic (exact) mass is 344 g/mol. The highest BCUT2D eigenvalue weighted by Crippen LogP contribution is 2.27. The molecule has 1 saturated heterocycles. The maximum absolute atomic E-state index is 13.3. The molecule has 1 aliphatic heterocycles. The zero-order valence-corrected chi connectivity index (χ0v) is 12.9. The quantitative estimate of drug-likeness (QED) is 0.809. The van der Waals surface area contributed by atoms with Gasteiger partial charge in [-0.3, -0.25) is 4.79 Å². The van der Waals surface area contributed by atoms with Crippen molar-refractivity contribution in [3.63, 3.8) is 0 Å². The molecule has 0 aliphatic carbocycles. The normalized spacial score (nSPS) is 18.1. The van der Waals surface area contributed by atoms with Gasteiger partial charge in [-0.05, 0) is 53.7 Å². The third-order valence-corrected chi connectivity index (χ3v) is 4.48. The molecule has 20 heavy (non-hydrogen) atoms. The highest BCUT2D eigenvalue weighted by atomic mass is 79.9. The molecular formula is C14H18BrFN2O2. The van der Waals surface area contributed by atoms with E-state index in [1.54, 1.807) is 11.8 Å². The number of carbonyl (C=O) groups is 1. The summed E-state index contributed by atoms with van der Waals surface area (Å²) in [5.41, 5.74) is 5.86. The Hall–Kier alpha value is -1.14. The van der Waals surface area contributed by atoms with Gasteiger partial charge in [-0.25, -0.2) is 4.39 Å². The molecular weight excluding hydrogens is 327 g/mol. The molecule has 110 valence electrons. The van der Waals surface area contributed by atoms with Crippen LogP contribution in [0.15, 0.2) is 16.6 Å². The van der Waals surface area contributed by atoms with Crippen LogP contribution in [0.2, 0.25) is 0 Å². The van der Waals surface area contributed by atoms with Crippen LogP contribution in [-0.4, -0.2) is 35.1 Å². The number of nitrogen functional groups attached to an aromatic ring is 1. The molecule has 0 bridgehead atoms. The average molecular weight is 345 g/mol. The number of carbonyl (C=O) groups excluding carboxylic acids is 1. The summed E-state index contributed by atoms with van der Waals surface area (Å²) in [7, 11) is 0. The number of halogens is 2. The molecule has 1 amide bonds. The van der Waals surface area contributed by atoms with E-state index in [0.717, 1.165) is 12.8 Å². The molecule has 1 aromatic rings. The highest BCUT2D eigenvalue weighted by molar-refractivity contribution is 9.10. The number of aliphatic hydroxyl groups is 1. The molecule has 4 nitrogen and oxygen atoms in total. The first-order chi connectivity index (χ1) is 9.40. The van der Waals surface area contributed by atoms with E-state index >= 15 is 0 Å². The van der Waals surface area contributed by atoms with Crippen LogP contribution in [0, 0.1) is 11.7 Å². The molecule has 1 unspecified atom stereocenters. The third kappa shape index (κ3) is 3.12. The lowest BCUT2D eigenvalue weighted by atomic mass is 9.92. The van der Waals surface area contributed by atoms with Gasteiger partial charge in [0, 0.05) is 17.6 Å². The summed E-state index contributed by atoms with van der Waals surface area (Å²) >= 11 is 3.20. The van der Waals surface area contributed by atoms with Crippen LogP contribution in [0.5, 0.6) is 0 Å². The average Bonchev–Trinajstić information content (AvgIpc) is 2.42. The van der Waals surface area contributed by atoms with Gasteiger partial charge in [0.2, 0.25) is 0 Å². The molecule has 1 aliphatic rings. The Kier molecular flexibility index (Phi) is 4.65. The maximum atomic E-state index is 13.3. The Bertz CT molecular complexity index is 514. The smallest absolute Gasteiger partial charge is 0.255 e. The minimum atomic E-state index is -0.541. The van der Waals surface area contributed by atoms with E-state index in [0.29, 0.717) is 23.1 Å². The largest absolute Gasteiger partial charge is 0.396 e. The van der Waals surface area contributed by atoms with Gasteiger partial charge < -0.3 is 15.7 Å². The molecule has 6 heteroatoms. The summed E-state index contributed by atoms with van der Waals surface area (Å²) < 4.78 is 13.7. The number of nitrogens with zero attached hydrogens (tertiary/aromatic N) is 1. The minimum Gasteiger partial charge on any atom is -0.396 e. The molecule has 0 aromatic heterocycles. The lowest BCUT2D eigenvalue weighted by Crippen LogP contribution is -2.40. The van der Waals surface area contributed by atoms with Gasteiger partial charge in [0.1, 0.15) is 5.82 Å².